The number of rotatable bonds is 3. The van der Waals surface area contributed by atoms with Crippen molar-refractivity contribution >= 4 is 15.8 Å². The molecule has 22 heavy (non-hydrogen) atoms. The van der Waals surface area contributed by atoms with Gasteiger partial charge >= 0.3 is 5.97 Å². The highest BCUT2D eigenvalue weighted by atomic mass is 32.2. The maximum absolute atomic E-state index is 11.8. The zero-order chi connectivity index (χ0) is 16.2. The molecule has 0 radical (unpaired) electrons. The Labute approximate surface area is 129 Å². The van der Waals surface area contributed by atoms with Crippen molar-refractivity contribution in [2.24, 2.45) is 0 Å². The van der Waals surface area contributed by atoms with E-state index in [0.717, 1.165) is 11.1 Å². The molecular formula is C17H14O4S. The number of aryl methyl sites for hydroxylation is 1. The van der Waals surface area contributed by atoms with Crippen LogP contribution in [-0.2, 0) is 14.6 Å². The van der Waals surface area contributed by atoms with Gasteiger partial charge in [-0.1, -0.05) is 30.0 Å². The molecule has 2 aromatic carbocycles. The third-order valence-electron chi connectivity index (χ3n) is 3.01. The fraction of sp³-hybridized carbons (Fsp3) is 0.118. The quantitative estimate of drug-likeness (QED) is 0.882. The summed E-state index contributed by atoms with van der Waals surface area (Å²) in [6.45, 7) is 1.96. The summed E-state index contributed by atoms with van der Waals surface area (Å²) < 4.78 is 23.5. The largest absolute Gasteiger partial charge is 0.480 e. The van der Waals surface area contributed by atoms with Crippen LogP contribution in [0.1, 0.15) is 16.7 Å². The number of aliphatic carboxylic acids is 1. The van der Waals surface area contributed by atoms with Crippen LogP contribution in [0.2, 0.25) is 0 Å². The lowest BCUT2D eigenvalue weighted by molar-refractivity contribution is -0.134. The second-order valence-electron chi connectivity index (χ2n) is 4.74. The molecule has 1 N–H and O–H groups in total. The Morgan fingerprint density at radius 3 is 2.27 bits per heavy atom. The summed E-state index contributed by atoms with van der Waals surface area (Å²) in [7, 11) is -3.80. The Hall–Kier alpha value is -2.58. The van der Waals surface area contributed by atoms with Gasteiger partial charge in [-0.15, -0.1) is 0 Å². The molecule has 0 unspecified atom stereocenters. The van der Waals surface area contributed by atoms with Crippen LogP contribution in [0.15, 0.2) is 53.4 Å². The molecule has 0 bridgehead atoms. The second kappa shape index (κ2) is 6.46. The van der Waals surface area contributed by atoms with Gasteiger partial charge in [0.25, 0.3) is 0 Å². The van der Waals surface area contributed by atoms with Gasteiger partial charge in [0.05, 0.1) is 4.90 Å². The van der Waals surface area contributed by atoms with Crippen LogP contribution < -0.4 is 0 Å². The van der Waals surface area contributed by atoms with E-state index < -0.39 is 21.6 Å². The van der Waals surface area contributed by atoms with Gasteiger partial charge in [-0.2, -0.15) is 0 Å². The normalized spacial score (nSPS) is 10.6. The Morgan fingerprint density at radius 2 is 1.68 bits per heavy atom. The van der Waals surface area contributed by atoms with Crippen molar-refractivity contribution in [2.75, 3.05) is 5.75 Å². The molecule has 0 heterocycles. The molecule has 0 aliphatic heterocycles. The first-order valence-electron chi connectivity index (χ1n) is 6.51. The smallest absolute Gasteiger partial charge is 0.319 e. The predicted molar refractivity (Wildman–Crippen MR) is 83.3 cm³/mol. The maximum atomic E-state index is 11.8. The first-order chi connectivity index (χ1) is 10.4. The van der Waals surface area contributed by atoms with Crippen LogP contribution >= 0.6 is 0 Å². The molecule has 0 aliphatic rings. The molecule has 2 rings (SSSR count). The number of hydrogen-bond acceptors (Lipinski definition) is 3. The van der Waals surface area contributed by atoms with Crippen molar-refractivity contribution < 1.29 is 18.3 Å². The van der Waals surface area contributed by atoms with E-state index in [-0.39, 0.29) is 4.90 Å². The molecule has 112 valence electrons. The molecule has 0 spiro atoms. The van der Waals surface area contributed by atoms with Crippen LogP contribution in [0.5, 0.6) is 0 Å². The predicted octanol–water partition coefficient (Wildman–Crippen LogP) is 2.25. The molecule has 0 amide bonds. The molecular weight excluding hydrogens is 300 g/mol. The Kier molecular flexibility index (Phi) is 4.64. The highest BCUT2D eigenvalue weighted by Crippen LogP contribution is 2.12. The van der Waals surface area contributed by atoms with E-state index in [2.05, 4.69) is 11.8 Å². The van der Waals surface area contributed by atoms with Crippen LogP contribution in [-0.4, -0.2) is 25.2 Å². The first kappa shape index (κ1) is 15.8. The summed E-state index contributed by atoms with van der Waals surface area (Å²) in [5, 5.41) is 8.60. The first-order valence-corrected chi connectivity index (χ1v) is 8.16. The van der Waals surface area contributed by atoms with Crippen LogP contribution in [0.3, 0.4) is 0 Å². The third kappa shape index (κ3) is 3.96. The van der Waals surface area contributed by atoms with Gasteiger partial charge in [0, 0.05) is 11.1 Å². The monoisotopic (exact) mass is 314 g/mol. The van der Waals surface area contributed by atoms with Crippen molar-refractivity contribution in [3.05, 3.63) is 65.2 Å². The van der Waals surface area contributed by atoms with Crippen molar-refractivity contribution in [2.45, 2.75) is 11.8 Å². The van der Waals surface area contributed by atoms with Gasteiger partial charge in [-0.3, -0.25) is 4.79 Å². The van der Waals surface area contributed by atoms with Gasteiger partial charge in [-0.25, -0.2) is 8.42 Å². The number of carboxylic acids is 1. The Morgan fingerprint density at radius 1 is 1.05 bits per heavy atom. The molecule has 4 nitrogen and oxygen atoms in total. The van der Waals surface area contributed by atoms with Gasteiger partial charge < -0.3 is 5.11 Å². The molecule has 0 aromatic heterocycles. The number of carbonyl (C=O) groups is 1. The van der Waals surface area contributed by atoms with Gasteiger partial charge in [0.1, 0.15) is 0 Å². The summed E-state index contributed by atoms with van der Waals surface area (Å²) in [6, 6.07) is 13.6. The van der Waals surface area contributed by atoms with Crippen LogP contribution in [0.4, 0.5) is 0 Å². The van der Waals surface area contributed by atoms with E-state index in [1.165, 1.54) is 12.1 Å². The minimum absolute atomic E-state index is 0.0173. The zero-order valence-electron chi connectivity index (χ0n) is 11.9. The summed E-state index contributed by atoms with van der Waals surface area (Å²) in [4.78, 5) is 10.5. The van der Waals surface area contributed by atoms with Crippen LogP contribution in [0.25, 0.3) is 0 Å². The molecule has 0 saturated heterocycles. The molecule has 0 aliphatic carbocycles. The van der Waals surface area contributed by atoms with Crippen molar-refractivity contribution in [1.82, 2.24) is 0 Å². The van der Waals surface area contributed by atoms with Gasteiger partial charge in [0.2, 0.25) is 0 Å². The minimum Gasteiger partial charge on any atom is -0.480 e. The van der Waals surface area contributed by atoms with E-state index in [4.69, 9.17) is 5.11 Å². The molecule has 2 aromatic rings. The highest BCUT2D eigenvalue weighted by Gasteiger charge is 2.18. The Balaban J connectivity index is 2.24. The minimum atomic E-state index is -3.80. The molecule has 5 heteroatoms. The van der Waals surface area contributed by atoms with Crippen molar-refractivity contribution in [3.8, 4) is 11.8 Å². The van der Waals surface area contributed by atoms with Gasteiger partial charge in [0.15, 0.2) is 15.6 Å². The highest BCUT2D eigenvalue weighted by molar-refractivity contribution is 7.92. The lowest BCUT2D eigenvalue weighted by Gasteiger charge is -2.01. The van der Waals surface area contributed by atoms with Gasteiger partial charge in [-0.05, 0) is 42.8 Å². The lowest BCUT2D eigenvalue weighted by atomic mass is 10.1. The van der Waals surface area contributed by atoms with E-state index >= 15 is 0 Å². The summed E-state index contributed by atoms with van der Waals surface area (Å²) >= 11 is 0. The van der Waals surface area contributed by atoms with E-state index in [0.29, 0.717) is 5.56 Å². The standard InChI is InChI=1S/C17H14O4S/c1-13-4-2-3-5-15(13)9-6-14-7-10-16(11-8-14)22(20,21)12-17(18)19/h2-5,7-8,10-11H,12H2,1H3,(H,18,19). The fourth-order valence-corrected chi connectivity index (χ4v) is 2.89. The lowest BCUT2D eigenvalue weighted by Crippen LogP contribution is -2.15. The average Bonchev–Trinajstić information content (AvgIpc) is 2.45. The Bertz CT molecular complexity index is 854. The number of sulfone groups is 1. The average molecular weight is 314 g/mol. The number of hydrogen-bond donors (Lipinski definition) is 1. The number of carboxylic acid groups (broad SMARTS) is 1. The topological polar surface area (TPSA) is 71.4 Å². The third-order valence-corrected chi connectivity index (χ3v) is 4.63. The summed E-state index contributed by atoms with van der Waals surface area (Å²) in [5.41, 5.74) is 2.64. The molecule has 0 atom stereocenters. The maximum Gasteiger partial charge on any atom is 0.319 e. The van der Waals surface area contributed by atoms with Crippen molar-refractivity contribution in [1.29, 1.82) is 0 Å². The summed E-state index contributed by atoms with van der Waals surface area (Å²) in [5.74, 6) is 3.70. The summed E-state index contributed by atoms with van der Waals surface area (Å²) in [6.07, 6.45) is 0. The molecule has 0 saturated carbocycles. The van der Waals surface area contributed by atoms with E-state index in [1.807, 2.05) is 31.2 Å². The van der Waals surface area contributed by atoms with Crippen molar-refractivity contribution in [3.63, 3.8) is 0 Å². The molecule has 0 fully saturated rings. The van der Waals surface area contributed by atoms with Crippen LogP contribution in [0, 0.1) is 18.8 Å². The van der Waals surface area contributed by atoms with E-state index in [1.54, 1.807) is 12.1 Å². The second-order valence-corrected chi connectivity index (χ2v) is 6.73. The number of benzene rings is 2. The zero-order valence-corrected chi connectivity index (χ0v) is 12.7. The SMILES string of the molecule is Cc1ccccc1C#Cc1ccc(S(=O)(=O)CC(=O)O)cc1. The van der Waals surface area contributed by atoms with E-state index in [9.17, 15) is 13.2 Å². The fourth-order valence-electron chi connectivity index (χ4n) is 1.84.